The summed E-state index contributed by atoms with van der Waals surface area (Å²) in [6, 6.07) is 23.5. The van der Waals surface area contributed by atoms with Crippen LogP contribution >= 0.6 is 23.1 Å². The molecule has 5 aromatic rings. The molecule has 3 amide bonds. The molecule has 2 heterocycles. The third-order valence-electron chi connectivity index (χ3n) is 8.16. The van der Waals surface area contributed by atoms with Gasteiger partial charge in [0, 0.05) is 43.7 Å². The molecule has 0 aliphatic heterocycles. The quantitative estimate of drug-likeness (QED) is 0.0639. The summed E-state index contributed by atoms with van der Waals surface area (Å²) in [5.41, 5.74) is 4.11. The molecular formula is C38H36N4O5S2. The average Bonchev–Trinajstić information content (AvgIpc) is 3.68. The first-order chi connectivity index (χ1) is 23.8. The van der Waals surface area contributed by atoms with E-state index in [1.165, 1.54) is 23.1 Å². The Morgan fingerprint density at radius 3 is 2.61 bits per heavy atom. The number of para-hydroxylation sites is 1. The Labute approximate surface area is 292 Å². The topological polar surface area (TPSA) is 129 Å². The SMILES string of the molecule is CCOC(=O)c1c(NC(=O)CSc2cccc(NC(=O)/C(=C/c3c[nH]c4ccccc34)NC(=O)c3ccccc3)c2)sc2c1CCC(C)C2. The second-order valence-corrected chi connectivity index (χ2v) is 13.9. The van der Waals surface area contributed by atoms with Gasteiger partial charge in [-0.3, -0.25) is 14.4 Å². The summed E-state index contributed by atoms with van der Waals surface area (Å²) in [6.45, 7) is 4.22. The van der Waals surface area contributed by atoms with E-state index in [2.05, 4.69) is 27.9 Å². The lowest BCUT2D eigenvalue weighted by atomic mass is 9.88. The Morgan fingerprint density at radius 2 is 1.80 bits per heavy atom. The first-order valence-corrected chi connectivity index (χ1v) is 17.9. The lowest BCUT2D eigenvalue weighted by molar-refractivity contribution is -0.114. The molecule has 0 bridgehead atoms. The summed E-state index contributed by atoms with van der Waals surface area (Å²) in [5.74, 6) is -0.949. The van der Waals surface area contributed by atoms with Crippen LogP contribution in [0.25, 0.3) is 17.0 Å². The number of H-pyrrole nitrogens is 1. The molecular weight excluding hydrogens is 657 g/mol. The fourth-order valence-corrected chi connectivity index (χ4v) is 7.91. The molecule has 1 aliphatic carbocycles. The number of ether oxygens (including phenoxy) is 1. The first kappa shape index (κ1) is 33.8. The Kier molecular flexibility index (Phi) is 10.6. The molecule has 49 heavy (non-hydrogen) atoms. The maximum atomic E-state index is 13.6. The molecule has 0 saturated heterocycles. The van der Waals surface area contributed by atoms with Crippen molar-refractivity contribution in [3.63, 3.8) is 0 Å². The van der Waals surface area contributed by atoms with Gasteiger partial charge in [-0.2, -0.15) is 0 Å². The van der Waals surface area contributed by atoms with Crippen molar-refractivity contribution < 1.29 is 23.9 Å². The lowest BCUT2D eigenvalue weighted by Gasteiger charge is -2.18. The number of carbonyl (C=O) groups excluding carboxylic acids is 4. The van der Waals surface area contributed by atoms with Crippen molar-refractivity contribution in [3.05, 3.63) is 118 Å². The molecule has 6 rings (SSSR count). The molecule has 0 spiro atoms. The minimum Gasteiger partial charge on any atom is -0.462 e. The number of carbonyl (C=O) groups is 4. The highest BCUT2D eigenvalue weighted by molar-refractivity contribution is 8.00. The van der Waals surface area contributed by atoms with Crippen molar-refractivity contribution in [1.82, 2.24) is 10.3 Å². The molecule has 1 unspecified atom stereocenters. The van der Waals surface area contributed by atoms with E-state index in [1.807, 2.05) is 36.4 Å². The highest BCUT2D eigenvalue weighted by Crippen LogP contribution is 2.40. The number of benzene rings is 3. The van der Waals surface area contributed by atoms with Crippen LogP contribution in [0.3, 0.4) is 0 Å². The molecule has 1 aliphatic rings. The van der Waals surface area contributed by atoms with Gasteiger partial charge in [0.1, 0.15) is 10.7 Å². The molecule has 1 atom stereocenters. The fraction of sp³-hybridized carbons (Fsp3) is 0.211. The summed E-state index contributed by atoms with van der Waals surface area (Å²) in [7, 11) is 0. The first-order valence-electron chi connectivity index (χ1n) is 16.1. The normalized spacial score (nSPS) is 14.2. The Bertz CT molecular complexity index is 2050. The fourth-order valence-electron chi connectivity index (χ4n) is 5.74. The Morgan fingerprint density at radius 1 is 1.00 bits per heavy atom. The predicted octanol–water partition coefficient (Wildman–Crippen LogP) is 7.67. The number of rotatable bonds is 11. The Hall–Kier alpha value is -5.13. The minimum absolute atomic E-state index is 0.0708. The van der Waals surface area contributed by atoms with Crippen LogP contribution in [0.15, 0.2) is 95.7 Å². The average molecular weight is 693 g/mol. The van der Waals surface area contributed by atoms with Crippen LogP contribution in [0.4, 0.5) is 10.7 Å². The maximum Gasteiger partial charge on any atom is 0.341 e. The van der Waals surface area contributed by atoms with Crippen LogP contribution in [-0.2, 0) is 27.2 Å². The van der Waals surface area contributed by atoms with Gasteiger partial charge >= 0.3 is 5.97 Å². The molecule has 0 fully saturated rings. The van der Waals surface area contributed by atoms with Gasteiger partial charge in [0.2, 0.25) is 5.91 Å². The molecule has 2 aromatic heterocycles. The number of aromatic nitrogens is 1. The molecule has 11 heteroatoms. The van der Waals surface area contributed by atoms with Gasteiger partial charge in [0.15, 0.2) is 0 Å². The number of esters is 1. The molecule has 9 nitrogen and oxygen atoms in total. The monoisotopic (exact) mass is 692 g/mol. The van der Waals surface area contributed by atoms with E-state index < -0.39 is 17.8 Å². The zero-order valence-electron chi connectivity index (χ0n) is 27.1. The largest absolute Gasteiger partial charge is 0.462 e. The van der Waals surface area contributed by atoms with E-state index in [9.17, 15) is 19.2 Å². The third-order valence-corrected chi connectivity index (χ3v) is 10.3. The van der Waals surface area contributed by atoms with Crippen LogP contribution < -0.4 is 16.0 Å². The maximum absolute atomic E-state index is 13.6. The second-order valence-electron chi connectivity index (χ2n) is 11.8. The van der Waals surface area contributed by atoms with Crippen LogP contribution in [0.1, 0.15) is 57.0 Å². The van der Waals surface area contributed by atoms with Crippen LogP contribution in [0, 0.1) is 5.92 Å². The smallest absolute Gasteiger partial charge is 0.341 e. The minimum atomic E-state index is -0.503. The second kappa shape index (κ2) is 15.4. The summed E-state index contributed by atoms with van der Waals surface area (Å²) in [6.07, 6.45) is 6.09. The molecule has 250 valence electrons. The Balaban J connectivity index is 1.15. The van der Waals surface area contributed by atoms with E-state index in [4.69, 9.17) is 4.74 Å². The summed E-state index contributed by atoms with van der Waals surface area (Å²) >= 11 is 2.77. The number of anilines is 2. The zero-order chi connectivity index (χ0) is 34.3. The standard InChI is InChI=1S/C38H36N4O5S2/c1-3-47-38(46)34-29-17-16-23(2)18-32(29)49-37(34)42-33(43)22-48-27-13-9-12-26(20-27)40-36(45)31(41-35(44)24-10-5-4-6-11-24)19-25-21-39-30-15-8-7-14-28(25)30/h4-15,19-21,23,39H,3,16-18,22H2,1-2H3,(H,40,45)(H,41,44)(H,42,43)/b31-19-. The van der Waals surface area contributed by atoms with Gasteiger partial charge in [-0.25, -0.2) is 4.79 Å². The van der Waals surface area contributed by atoms with Gasteiger partial charge in [0.05, 0.1) is 17.9 Å². The van der Waals surface area contributed by atoms with Crippen LogP contribution in [0.2, 0.25) is 0 Å². The number of fused-ring (bicyclic) bond motifs is 2. The highest BCUT2D eigenvalue weighted by atomic mass is 32.2. The number of hydrogen-bond donors (Lipinski definition) is 4. The van der Waals surface area contributed by atoms with Crippen LogP contribution in [0.5, 0.6) is 0 Å². The molecule has 0 saturated carbocycles. The van der Waals surface area contributed by atoms with Crippen molar-refractivity contribution in [2.75, 3.05) is 23.0 Å². The van der Waals surface area contributed by atoms with Gasteiger partial charge < -0.3 is 25.7 Å². The van der Waals surface area contributed by atoms with E-state index in [1.54, 1.807) is 61.7 Å². The van der Waals surface area contributed by atoms with Gasteiger partial charge in [-0.1, -0.05) is 49.4 Å². The van der Waals surface area contributed by atoms with E-state index in [0.29, 0.717) is 27.7 Å². The van der Waals surface area contributed by atoms with Crippen molar-refractivity contribution in [3.8, 4) is 0 Å². The van der Waals surface area contributed by atoms with Gasteiger partial charge in [-0.15, -0.1) is 23.1 Å². The number of thiophene rings is 1. The number of thioether (sulfide) groups is 1. The zero-order valence-corrected chi connectivity index (χ0v) is 28.8. The number of amides is 3. The summed E-state index contributed by atoms with van der Waals surface area (Å²) < 4.78 is 5.33. The number of aromatic amines is 1. The van der Waals surface area contributed by atoms with Crippen molar-refractivity contribution in [2.45, 2.75) is 38.0 Å². The van der Waals surface area contributed by atoms with Crippen molar-refractivity contribution in [1.29, 1.82) is 0 Å². The highest BCUT2D eigenvalue weighted by Gasteiger charge is 2.29. The lowest BCUT2D eigenvalue weighted by Crippen LogP contribution is -2.30. The van der Waals surface area contributed by atoms with Crippen molar-refractivity contribution >= 4 is 74.5 Å². The molecule has 3 aromatic carbocycles. The van der Waals surface area contributed by atoms with Crippen LogP contribution in [-0.4, -0.2) is 41.0 Å². The van der Waals surface area contributed by atoms with Crippen molar-refractivity contribution in [2.24, 2.45) is 5.92 Å². The van der Waals surface area contributed by atoms with Gasteiger partial charge in [0.25, 0.3) is 11.8 Å². The summed E-state index contributed by atoms with van der Waals surface area (Å²) in [4.78, 5) is 57.8. The van der Waals surface area contributed by atoms with E-state index >= 15 is 0 Å². The van der Waals surface area contributed by atoms with E-state index in [0.717, 1.165) is 51.1 Å². The van der Waals surface area contributed by atoms with Gasteiger partial charge in [-0.05, 0) is 80.1 Å². The van der Waals surface area contributed by atoms with E-state index in [-0.39, 0.29) is 24.0 Å². The summed E-state index contributed by atoms with van der Waals surface area (Å²) in [5, 5.41) is 10.1. The number of hydrogen-bond acceptors (Lipinski definition) is 7. The molecule has 4 N–H and O–H groups in total. The number of nitrogens with one attached hydrogen (secondary N) is 4. The molecule has 0 radical (unpaired) electrons. The third kappa shape index (κ3) is 8.13. The predicted molar refractivity (Wildman–Crippen MR) is 196 cm³/mol.